The van der Waals surface area contributed by atoms with E-state index in [4.69, 9.17) is 5.73 Å². The van der Waals surface area contributed by atoms with Crippen LogP contribution in [0.3, 0.4) is 0 Å². The number of nitrogens with one attached hydrogen (secondary N) is 2. The normalized spacial score (nSPS) is 12.1. The zero-order valence-corrected chi connectivity index (χ0v) is 24.2. The maximum atomic E-state index is 13.8. The maximum absolute atomic E-state index is 13.8. The first-order valence-electron chi connectivity index (χ1n) is 13.1. The van der Waals surface area contributed by atoms with Crippen LogP contribution >= 0.6 is 0 Å². The predicted octanol–water partition coefficient (Wildman–Crippen LogP) is 9.04. The minimum atomic E-state index is -0.290. The number of hydrogen-bond acceptors (Lipinski definition) is 4. The van der Waals surface area contributed by atoms with Crippen LogP contribution in [0.25, 0.3) is 22.3 Å². The summed E-state index contributed by atoms with van der Waals surface area (Å²) in [7, 11) is 0. The van der Waals surface area contributed by atoms with E-state index in [-0.39, 0.29) is 11.2 Å². The Kier molecular flexibility index (Phi) is 9.33. The zero-order valence-electron chi connectivity index (χ0n) is 24.2. The van der Waals surface area contributed by atoms with E-state index in [1.165, 1.54) is 12.1 Å². The highest BCUT2D eigenvalue weighted by Gasteiger charge is 2.16. The molecule has 0 radical (unpaired) electrons. The topological polar surface area (TPSA) is 63.0 Å². The molecule has 0 aliphatic rings. The summed E-state index contributed by atoms with van der Waals surface area (Å²) in [5, 5.41) is 6.66. The summed E-state index contributed by atoms with van der Waals surface area (Å²) in [6.07, 6.45) is 7.52. The van der Waals surface area contributed by atoms with Gasteiger partial charge in [0.1, 0.15) is 11.6 Å². The summed E-state index contributed by atoms with van der Waals surface area (Å²) in [6.45, 7) is 26.8. The van der Waals surface area contributed by atoms with Crippen molar-refractivity contribution in [3.8, 4) is 11.1 Å². The smallest absolute Gasteiger partial charge is 0.133 e. The molecule has 0 unspecified atom stereocenters. The van der Waals surface area contributed by atoms with Crippen LogP contribution in [-0.4, -0.2) is 4.98 Å². The first-order valence-corrected chi connectivity index (χ1v) is 13.1. The summed E-state index contributed by atoms with van der Waals surface area (Å²) in [5.41, 5.74) is 15.0. The zero-order chi connectivity index (χ0) is 29.6. The summed E-state index contributed by atoms with van der Waals surface area (Å²) < 4.78 is 13.8. The van der Waals surface area contributed by atoms with Gasteiger partial charge in [-0.1, -0.05) is 71.4 Å². The van der Waals surface area contributed by atoms with Crippen molar-refractivity contribution >= 4 is 22.7 Å². The van der Waals surface area contributed by atoms with Gasteiger partial charge in [-0.15, -0.1) is 0 Å². The van der Waals surface area contributed by atoms with Crippen molar-refractivity contribution < 1.29 is 4.39 Å². The van der Waals surface area contributed by atoms with Crippen LogP contribution in [0.2, 0.25) is 0 Å². The van der Waals surface area contributed by atoms with E-state index in [1.807, 2.05) is 56.3 Å². The standard InChI is InChI=1S/C35H39FN4/c1-10-26(20-30(11-2)40-25(6)35(7,8)9)27-15-16-33(37)32(21-27)22(3)24(5)39-34-23(4)31(17-18-38-34)28-13-12-14-29(36)19-28/h10-21,40H,2-3,5-6,37H2,1,4,7-9H3,(H,38,39)/b26-10+,30-20+. The molecule has 206 valence electrons. The average molecular weight is 535 g/mol. The third kappa shape index (κ3) is 7.06. The lowest BCUT2D eigenvalue weighted by Crippen LogP contribution is -2.22. The number of pyridine rings is 1. The largest absolute Gasteiger partial charge is 0.398 e. The fourth-order valence-corrected chi connectivity index (χ4v) is 4.02. The van der Waals surface area contributed by atoms with Crippen LogP contribution in [-0.2, 0) is 0 Å². The lowest BCUT2D eigenvalue weighted by atomic mass is 9.92. The van der Waals surface area contributed by atoms with Crippen molar-refractivity contribution in [2.75, 3.05) is 11.1 Å². The molecule has 0 amide bonds. The van der Waals surface area contributed by atoms with E-state index in [1.54, 1.807) is 18.3 Å². The van der Waals surface area contributed by atoms with Crippen LogP contribution < -0.4 is 16.4 Å². The highest BCUT2D eigenvalue weighted by atomic mass is 19.1. The molecular weight excluding hydrogens is 495 g/mol. The van der Waals surface area contributed by atoms with Crippen molar-refractivity contribution in [1.82, 2.24) is 10.3 Å². The molecule has 0 atom stereocenters. The molecule has 0 saturated carbocycles. The lowest BCUT2D eigenvalue weighted by Gasteiger charge is -2.24. The highest BCUT2D eigenvalue weighted by molar-refractivity contribution is 5.88. The Morgan fingerprint density at radius 2 is 1.77 bits per heavy atom. The summed E-state index contributed by atoms with van der Waals surface area (Å²) >= 11 is 0. The van der Waals surface area contributed by atoms with Gasteiger partial charge in [0.05, 0.1) is 0 Å². The van der Waals surface area contributed by atoms with E-state index < -0.39 is 0 Å². The second-order valence-electron chi connectivity index (χ2n) is 10.6. The number of halogens is 1. The minimum Gasteiger partial charge on any atom is -0.398 e. The third-order valence-electron chi connectivity index (χ3n) is 6.73. The number of anilines is 2. The molecule has 0 saturated heterocycles. The summed E-state index contributed by atoms with van der Waals surface area (Å²) in [6, 6.07) is 14.2. The number of aromatic nitrogens is 1. The van der Waals surface area contributed by atoms with Crippen LogP contribution in [0.5, 0.6) is 0 Å². The number of nitrogen functional groups attached to an aromatic ring is 1. The van der Waals surface area contributed by atoms with E-state index in [0.717, 1.165) is 44.8 Å². The van der Waals surface area contributed by atoms with Crippen molar-refractivity contribution in [3.63, 3.8) is 0 Å². The molecular formula is C35H39FN4. The molecule has 4 nitrogen and oxygen atoms in total. The van der Waals surface area contributed by atoms with Crippen molar-refractivity contribution in [2.24, 2.45) is 5.41 Å². The monoisotopic (exact) mass is 534 g/mol. The van der Waals surface area contributed by atoms with Crippen molar-refractivity contribution in [3.05, 3.63) is 139 Å². The van der Waals surface area contributed by atoms with Crippen LogP contribution in [0.15, 0.2) is 116 Å². The van der Waals surface area contributed by atoms with E-state index in [9.17, 15) is 4.39 Å². The van der Waals surface area contributed by atoms with Gasteiger partial charge in [-0.25, -0.2) is 9.37 Å². The van der Waals surface area contributed by atoms with E-state index in [0.29, 0.717) is 22.8 Å². The summed E-state index contributed by atoms with van der Waals surface area (Å²) in [4.78, 5) is 4.49. The SMILES string of the molecule is C=C/C(=C\C(=C/C)c1ccc(N)c(C(=C)C(=C)Nc2nccc(-c3cccc(F)c3)c2C)c1)NC(=C)C(C)(C)C. The molecule has 3 aromatic rings. The minimum absolute atomic E-state index is 0.0956. The fraction of sp³-hybridized carbons (Fsp3) is 0.171. The molecule has 0 aliphatic carbocycles. The van der Waals surface area contributed by atoms with Gasteiger partial charge in [0, 0.05) is 40.0 Å². The molecule has 5 heteroatoms. The molecule has 1 aromatic heterocycles. The first kappa shape index (κ1) is 29.9. The Labute approximate surface area is 238 Å². The van der Waals surface area contributed by atoms with Crippen molar-refractivity contribution in [2.45, 2.75) is 34.6 Å². The van der Waals surface area contributed by atoms with Gasteiger partial charge in [0.15, 0.2) is 0 Å². The van der Waals surface area contributed by atoms with Gasteiger partial charge in [-0.2, -0.15) is 0 Å². The fourth-order valence-electron chi connectivity index (χ4n) is 4.02. The third-order valence-corrected chi connectivity index (χ3v) is 6.73. The Balaban J connectivity index is 1.88. The van der Waals surface area contributed by atoms with Gasteiger partial charge >= 0.3 is 0 Å². The molecule has 1 heterocycles. The Morgan fingerprint density at radius 1 is 1.05 bits per heavy atom. The summed E-state index contributed by atoms with van der Waals surface area (Å²) in [5.74, 6) is 0.322. The average Bonchev–Trinajstić information content (AvgIpc) is 2.91. The predicted molar refractivity (Wildman–Crippen MR) is 171 cm³/mol. The van der Waals surface area contributed by atoms with E-state index in [2.05, 4.69) is 62.7 Å². The highest BCUT2D eigenvalue weighted by Crippen LogP contribution is 2.33. The number of nitrogens with zero attached hydrogens (tertiary/aromatic N) is 1. The van der Waals surface area contributed by atoms with E-state index >= 15 is 0 Å². The molecule has 0 fully saturated rings. The molecule has 0 spiro atoms. The first-order chi connectivity index (χ1) is 18.8. The van der Waals surface area contributed by atoms with Gasteiger partial charge < -0.3 is 16.4 Å². The number of benzene rings is 2. The van der Waals surface area contributed by atoms with Gasteiger partial charge in [-0.05, 0) is 89.7 Å². The number of rotatable bonds is 10. The number of nitrogens with two attached hydrogens (primary N) is 1. The van der Waals surface area contributed by atoms with Crippen LogP contribution in [0.4, 0.5) is 15.9 Å². The lowest BCUT2D eigenvalue weighted by molar-refractivity contribution is 0.478. The Morgan fingerprint density at radius 3 is 2.40 bits per heavy atom. The van der Waals surface area contributed by atoms with Crippen LogP contribution in [0, 0.1) is 18.2 Å². The second-order valence-corrected chi connectivity index (χ2v) is 10.6. The second kappa shape index (κ2) is 12.5. The molecule has 0 aliphatic heterocycles. The molecule has 4 N–H and O–H groups in total. The Bertz CT molecular complexity index is 1530. The van der Waals surface area contributed by atoms with Gasteiger partial charge in [-0.3, -0.25) is 0 Å². The van der Waals surface area contributed by atoms with Gasteiger partial charge in [0.2, 0.25) is 0 Å². The van der Waals surface area contributed by atoms with Crippen molar-refractivity contribution in [1.29, 1.82) is 0 Å². The molecule has 0 bridgehead atoms. The number of allylic oxidation sites excluding steroid dienone is 6. The number of hydrogen-bond donors (Lipinski definition) is 3. The molecule has 3 rings (SSSR count). The Hall–Kier alpha value is -4.64. The maximum Gasteiger partial charge on any atom is 0.133 e. The molecule has 40 heavy (non-hydrogen) atoms. The molecule has 2 aromatic carbocycles. The quantitative estimate of drug-likeness (QED) is 0.179. The van der Waals surface area contributed by atoms with Crippen LogP contribution in [0.1, 0.15) is 44.4 Å². The van der Waals surface area contributed by atoms with Gasteiger partial charge in [0.25, 0.3) is 0 Å².